The van der Waals surface area contributed by atoms with Crippen LogP contribution in [0.25, 0.3) is 11.5 Å². The smallest absolute Gasteiger partial charge is 0.277 e. The van der Waals surface area contributed by atoms with Crippen molar-refractivity contribution in [2.24, 2.45) is 0 Å². The molecule has 4 rings (SSSR count). The molecule has 0 unspecified atom stereocenters. The molecule has 28 heavy (non-hydrogen) atoms. The first-order valence-electron chi connectivity index (χ1n) is 8.85. The number of aromatic nitrogens is 2. The first kappa shape index (κ1) is 18.4. The third kappa shape index (κ3) is 4.12. The SMILES string of the molecule is CCOc1ccc(-c2nnc(SCC(=O)c3ccc4c(c3)OCCO4)o2)cc1. The maximum absolute atomic E-state index is 12.5. The molecule has 8 heteroatoms. The number of hydrogen-bond acceptors (Lipinski definition) is 8. The van der Waals surface area contributed by atoms with Crippen molar-refractivity contribution in [3.8, 4) is 28.7 Å². The molecule has 0 aliphatic carbocycles. The summed E-state index contributed by atoms with van der Waals surface area (Å²) in [5, 5.41) is 8.39. The topological polar surface area (TPSA) is 83.7 Å². The molecule has 7 nitrogen and oxygen atoms in total. The molecule has 1 aliphatic heterocycles. The van der Waals surface area contributed by atoms with Gasteiger partial charge in [0.15, 0.2) is 17.3 Å². The highest BCUT2D eigenvalue weighted by Crippen LogP contribution is 2.31. The van der Waals surface area contributed by atoms with Crippen LogP contribution < -0.4 is 14.2 Å². The highest BCUT2D eigenvalue weighted by molar-refractivity contribution is 7.99. The van der Waals surface area contributed by atoms with Gasteiger partial charge in [0, 0.05) is 11.1 Å². The van der Waals surface area contributed by atoms with Crippen LogP contribution in [0.5, 0.6) is 17.2 Å². The van der Waals surface area contributed by atoms with Gasteiger partial charge in [-0.3, -0.25) is 4.79 Å². The second-order valence-electron chi connectivity index (χ2n) is 5.90. The summed E-state index contributed by atoms with van der Waals surface area (Å²) in [5.74, 6) is 2.57. The number of carbonyl (C=O) groups excluding carboxylic acids is 1. The number of thioether (sulfide) groups is 1. The van der Waals surface area contributed by atoms with Crippen molar-refractivity contribution in [2.75, 3.05) is 25.6 Å². The maximum atomic E-state index is 12.5. The summed E-state index contributed by atoms with van der Waals surface area (Å²) in [4.78, 5) is 12.5. The zero-order chi connectivity index (χ0) is 19.3. The number of hydrogen-bond donors (Lipinski definition) is 0. The highest BCUT2D eigenvalue weighted by Gasteiger charge is 2.16. The summed E-state index contributed by atoms with van der Waals surface area (Å²) in [6.07, 6.45) is 0. The van der Waals surface area contributed by atoms with Crippen molar-refractivity contribution in [2.45, 2.75) is 12.1 Å². The summed E-state index contributed by atoms with van der Waals surface area (Å²) in [6, 6.07) is 12.6. The molecule has 144 valence electrons. The number of Topliss-reactive ketones (excluding diaryl/α,β-unsaturated/α-hetero) is 1. The van der Waals surface area contributed by atoms with Crippen LogP contribution in [0.2, 0.25) is 0 Å². The van der Waals surface area contributed by atoms with Gasteiger partial charge in [0.1, 0.15) is 19.0 Å². The van der Waals surface area contributed by atoms with Crippen LogP contribution >= 0.6 is 11.8 Å². The lowest BCUT2D eigenvalue weighted by Gasteiger charge is -2.18. The summed E-state index contributed by atoms with van der Waals surface area (Å²) >= 11 is 1.20. The molecule has 0 fully saturated rings. The van der Waals surface area contributed by atoms with E-state index in [0.717, 1.165) is 11.3 Å². The minimum absolute atomic E-state index is 0.0530. The molecule has 0 saturated carbocycles. The van der Waals surface area contributed by atoms with E-state index in [0.29, 0.717) is 48.0 Å². The van der Waals surface area contributed by atoms with Gasteiger partial charge in [-0.25, -0.2) is 0 Å². The van der Waals surface area contributed by atoms with Crippen molar-refractivity contribution >= 4 is 17.5 Å². The fourth-order valence-corrected chi connectivity index (χ4v) is 3.33. The Morgan fingerprint density at radius 1 is 1.07 bits per heavy atom. The van der Waals surface area contributed by atoms with Gasteiger partial charge in [-0.2, -0.15) is 0 Å². The van der Waals surface area contributed by atoms with E-state index in [1.165, 1.54) is 11.8 Å². The van der Waals surface area contributed by atoms with Crippen LogP contribution in [-0.2, 0) is 0 Å². The molecule has 2 aromatic carbocycles. The van der Waals surface area contributed by atoms with E-state index >= 15 is 0 Å². The van der Waals surface area contributed by atoms with Gasteiger partial charge in [-0.05, 0) is 49.4 Å². The van der Waals surface area contributed by atoms with Gasteiger partial charge in [0.05, 0.1) is 12.4 Å². The molecular weight excluding hydrogens is 380 g/mol. The zero-order valence-corrected chi connectivity index (χ0v) is 16.0. The number of nitrogens with zero attached hydrogens (tertiary/aromatic N) is 2. The predicted octanol–water partition coefficient (Wildman–Crippen LogP) is 3.88. The fourth-order valence-electron chi connectivity index (χ4n) is 2.67. The van der Waals surface area contributed by atoms with Gasteiger partial charge in [-0.15, -0.1) is 10.2 Å². The van der Waals surface area contributed by atoms with Crippen LogP contribution in [0.1, 0.15) is 17.3 Å². The average Bonchev–Trinajstić information content (AvgIpc) is 3.21. The van der Waals surface area contributed by atoms with Crippen LogP contribution in [0.3, 0.4) is 0 Å². The minimum atomic E-state index is -0.0530. The van der Waals surface area contributed by atoms with E-state index < -0.39 is 0 Å². The second kappa shape index (κ2) is 8.35. The first-order chi connectivity index (χ1) is 13.7. The van der Waals surface area contributed by atoms with E-state index in [2.05, 4.69) is 10.2 Å². The van der Waals surface area contributed by atoms with Gasteiger partial charge < -0.3 is 18.6 Å². The van der Waals surface area contributed by atoms with E-state index in [1.807, 2.05) is 31.2 Å². The molecule has 0 N–H and O–H groups in total. The standard InChI is InChI=1S/C20H18N2O5S/c1-2-24-15-6-3-13(4-7-15)19-21-22-20(27-19)28-12-16(23)14-5-8-17-18(11-14)26-10-9-25-17/h3-8,11H,2,9-10,12H2,1H3. The van der Waals surface area contributed by atoms with Crippen molar-refractivity contribution in [3.63, 3.8) is 0 Å². The largest absolute Gasteiger partial charge is 0.494 e. The summed E-state index contributed by atoms with van der Waals surface area (Å²) in [5.41, 5.74) is 1.35. The van der Waals surface area contributed by atoms with Crippen molar-refractivity contribution in [1.82, 2.24) is 10.2 Å². The van der Waals surface area contributed by atoms with Crippen molar-refractivity contribution < 1.29 is 23.4 Å². The van der Waals surface area contributed by atoms with Crippen molar-refractivity contribution in [3.05, 3.63) is 48.0 Å². The fraction of sp³-hybridized carbons (Fsp3) is 0.250. The average molecular weight is 398 g/mol. The Morgan fingerprint density at radius 3 is 2.64 bits per heavy atom. The Kier molecular flexibility index (Phi) is 5.48. The van der Waals surface area contributed by atoms with Gasteiger partial charge >= 0.3 is 0 Å². The van der Waals surface area contributed by atoms with E-state index in [4.69, 9.17) is 18.6 Å². The number of benzene rings is 2. The Bertz CT molecular complexity index is 971. The molecular formula is C20H18N2O5S. The van der Waals surface area contributed by atoms with Gasteiger partial charge in [0.2, 0.25) is 5.89 Å². The maximum Gasteiger partial charge on any atom is 0.277 e. The summed E-state index contributed by atoms with van der Waals surface area (Å²) in [6.45, 7) is 3.54. The first-order valence-corrected chi connectivity index (χ1v) is 9.84. The van der Waals surface area contributed by atoms with Crippen LogP contribution in [0.15, 0.2) is 52.1 Å². The molecule has 0 atom stereocenters. The third-order valence-electron chi connectivity index (χ3n) is 4.01. The summed E-state index contributed by atoms with van der Waals surface area (Å²) in [7, 11) is 0. The Hall–Kier alpha value is -3.00. The summed E-state index contributed by atoms with van der Waals surface area (Å²) < 4.78 is 22.1. The lowest BCUT2D eigenvalue weighted by molar-refractivity contribution is 0.102. The lowest BCUT2D eigenvalue weighted by atomic mass is 10.1. The lowest BCUT2D eigenvalue weighted by Crippen LogP contribution is -2.16. The van der Waals surface area contributed by atoms with E-state index in [-0.39, 0.29) is 11.5 Å². The van der Waals surface area contributed by atoms with Gasteiger partial charge in [-0.1, -0.05) is 11.8 Å². The number of ether oxygens (including phenoxy) is 3. The van der Waals surface area contributed by atoms with Gasteiger partial charge in [0.25, 0.3) is 5.22 Å². The van der Waals surface area contributed by atoms with E-state index in [1.54, 1.807) is 18.2 Å². The number of fused-ring (bicyclic) bond motifs is 1. The quantitative estimate of drug-likeness (QED) is 0.438. The molecule has 0 amide bonds. The minimum Gasteiger partial charge on any atom is -0.494 e. The molecule has 1 aliphatic rings. The molecule has 2 heterocycles. The molecule has 0 spiro atoms. The molecule has 0 saturated heterocycles. The molecule has 0 bridgehead atoms. The number of rotatable bonds is 7. The molecule has 0 radical (unpaired) electrons. The normalized spacial score (nSPS) is 12.6. The predicted molar refractivity (Wildman–Crippen MR) is 103 cm³/mol. The highest BCUT2D eigenvalue weighted by atomic mass is 32.2. The van der Waals surface area contributed by atoms with Crippen molar-refractivity contribution in [1.29, 1.82) is 0 Å². The Labute approximate surface area is 166 Å². The van der Waals surface area contributed by atoms with E-state index in [9.17, 15) is 4.79 Å². The Balaban J connectivity index is 1.38. The van der Waals surface area contributed by atoms with Crippen LogP contribution in [0, 0.1) is 0 Å². The third-order valence-corrected chi connectivity index (χ3v) is 4.83. The zero-order valence-electron chi connectivity index (χ0n) is 15.2. The molecule has 3 aromatic rings. The molecule has 1 aromatic heterocycles. The number of carbonyl (C=O) groups is 1. The van der Waals surface area contributed by atoms with Crippen LogP contribution in [-0.4, -0.2) is 41.6 Å². The second-order valence-corrected chi connectivity index (χ2v) is 6.83. The van der Waals surface area contributed by atoms with Crippen LogP contribution in [0.4, 0.5) is 0 Å². The Morgan fingerprint density at radius 2 is 1.86 bits per heavy atom. The monoisotopic (exact) mass is 398 g/mol. The number of ketones is 1.